The summed E-state index contributed by atoms with van der Waals surface area (Å²) in [7, 11) is 0. The Morgan fingerprint density at radius 3 is 2.83 bits per heavy atom. The van der Waals surface area contributed by atoms with E-state index in [1.807, 2.05) is 0 Å². The van der Waals surface area contributed by atoms with Crippen LogP contribution < -0.4 is 4.74 Å². The zero-order valence-corrected chi connectivity index (χ0v) is 10.5. The average molecular weight is 253 g/mol. The van der Waals surface area contributed by atoms with E-state index < -0.39 is 0 Å². The van der Waals surface area contributed by atoms with E-state index in [0.29, 0.717) is 18.4 Å². The first-order valence-electron chi connectivity index (χ1n) is 6.53. The molecule has 0 amide bonds. The lowest BCUT2D eigenvalue weighted by molar-refractivity contribution is 0.150. The van der Waals surface area contributed by atoms with Gasteiger partial charge in [-0.25, -0.2) is 4.39 Å². The Kier molecular flexibility index (Phi) is 4.96. The minimum absolute atomic E-state index is 0.245. The van der Waals surface area contributed by atoms with Crippen molar-refractivity contribution < 1.29 is 14.2 Å². The van der Waals surface area contributed by atoms with Crippen LogP contribution in [0.5, 0.6) is 5.75 Å². The van der Waals surface area contributed by atoms with Crippen molar-refractivity contribution in [1.82, 2.24) is 4.90 Å². The van der Waals surface area contributed by atoms with Crippen LogP contribution in [-0.2, 0) is 0 Å². The van der Waals surface area contributed by atoms with Crippen molar-refractivity contribution in [1.29, 1.82) is 0 Å². The highest BCUT2D eigenvalue weighted by Gasteiger charge is 2.22. The number of ether oxygens (including phenoxy) is 1. The molecule has 0 unspecified atom stereocenters. The monoisotopic (exact) mass is 253 g/mol. The molecule has 0 saturated carbocycles. The van der Waals surface area contributed by atoms with Gasteiger partial charge in [-0.3, -0.25) is 4.90 Å². The number of hydrogen-bond donors (Lipinski definition) is 1. The minimum atomic E-state index is -0.245. The summed E-state index contributed by atoms with van der Waals surface area (Å²) in [4.78, 5) is 2.31. The number of halogens is 1. The zero-order valence-electron chi connectivity index (χ0n) is 10.5. The van der Waals surface area contributed by atoms with Gasteiger partial charge in [0.05, 0.1) is 13.2 Å². The fourth-order valence-electron chi connectivity index (χ4n) is 2.38. The zero-order chi connectivity index (χ0) is 12.8. The van der Waals surface area contributed by atoms with Crippen molar-refractivity contribution in [2.45, 2.75) is 25.3 Å². The lowest BCUT2D eigenvalue weighted by atomic mass is 10.2. The molecule has 18 heavy (non-hydrogen) atoms. The van der Waals surface area contributed by atoms with Gasteiger partial charge in [-0.2, -0.15) is 0 Å². The van der Waals surface area contributed by atoms with E-state index in [-0.39, 0.29) is 12.4 Å². The molecule has 3 nitrogen and oxygen atoms in total. The number of aliphatic hydroxyl groups is 1. The van der Waals surface area contributed by atoms with Crippen molar-refractivity contribution in [2.75, 3.05) is 26.3 Å². The van der Waals surface area contributed by atoms with Crippen LogP contribution in [-0.4, -0.2) is 42.4 Å². The van der Waals surface area contributed by atoms with Gasteiger partial charge in [-0.1, -0.05) is 0 Å². The van der Waals surface area contributed by atoms with Crippen LogP contribution in [0.1, 0.15) is 19.3 Å². The van der Waals surface area contributed by atoms with Gasteiger partial charge in [-0.15, -0.1) is 0 Å². The topological polar surface area (TPSA) is 32.7 Å². The predicted octanol–water partition coefficient (Wildman–Crippen LogP) is 2.05. The van der Waals surface area contributed by atoms with Gasteiger partial charge in [0.1, 0.15) is 11.6 Å². The van der Waals surface area contributed by atoms with Gasteiger partial charge in [0.25, 0.3) is 0 Å². The number of benzene rings is 1. The average Bonchev–Trinajstić information content (AvgIpc) is 2.84. The van der Waals surface area contributed by atoms with Crippen molar-refractivity contribution in [2.24, 2.45) is 0 Å². The summed E-state index contributed by atoms with van der Waals surface area (Å²) in [6.45, 7) is 2.90. The standard InChI is InChI=1S/C14H20FNO2/c15-12-4-6-14(7-5-12)18-10-2-9-16-8-1-3-13(16)11-17/h4-7,13,17H,1-3,8-11H2/t13-/m1/s1. The van der Waals surface area contributed by atoms with Crippen LogP contribution in [0.15, 0.2) is 24.3 Å². The molecule has 1 aromatic rings. The number of nitrogens with zero attached hydrogens (tertiary/aromatic N) is 1. The Hall–Kier alpha value is -1.13. The molecule has 1 saturated heterocycles. The van der Waals surface area contributed by atoms with E-state index in [1.165, 1.54) is 18.6 Å². The molecule has 0 aliphatic carbocycles. The first-order valence-corrected chi connectivity index (χ1v) is 6.53. The largest absolute Gasteiger partial charge is 0.494 e. The first-order chi connectivity index (χ1) is 8.79. The summed E-state index contributed by atoms with van der Waals surface area (Å²) >= 11 is 0. The van der Waals surface area contributed by atoms with E-state index in [9.17, 15) is 9.50 Å². The first kappa shape index (κ1) is 13.3. The molecule has 4 heteroatoms. The van der Waals surface area contributed by atoms with E-state index in [4.69, 9.17) is 4.74 Å². The number of hydrogen-bond acceptors (Lipinski definition) is 3. The SMILES string of the molecule is OC[C@H]1CCCN1CCCOc1ccc(F)cc1. The van der Waals surface area contributed by atoms with Crippen LogP contribution in [0, 0.1) is 5.82 Å². The van der Waals surface area contributed by atoms with Crippen molar-refractivity contribution in [3.63, 3.8) is 0 Å². The van der Waals surface area contributed by atoms with Crippen molar-refractivity contribution in [3.8, 4) is 5.75 Å². The Labute approximate surface area is 107 Å². The van der Waals surface area contributed by atoms with Crippen LogP contribution in [0.3, 0.4) is 0 Å². The second-order valence-corrected chi connectivity index (χ2v) is 4.67. The molecular formula is C14H20FNO2. The molecule has 2 rings (SSSR count). The Balaban J connectivity index is 1.65. The fraction of sp³-hybridized carbons (Fsp3) is 0.571. The molecular weight excluding hydrogens is 233 g/mol. The predicted molar refractivity (Wildman–Crippen MR) is 68.2 cm³/mol. The van der Waals surface area contributed by atoms with Crippen LogP contribution in [0.2, 0.25) is 0 Å². The van der Waals surface area contributed by atoms with Gasteiger partial charge in [0.2, 0.25) is 0 Å². The summed E-state index contributed by atoms with van der Waals surface area (Å²) in [5.74, 6) is 0.460. The number of rotatable bonds is 6. The van der Waals surface area contributed by atoms with Crippen LogP contribution >= 0.6 is 0 Å². The van der Waals surface area contributed by atoms with Gasteiger partial charge < -0.3 is 9.84 Å². The van der Waals surface area contributed by atoms with E-state index in [2.05, 4.69) is 4.90 Å². The quantitative estimate of drug-likeness (QED) is 0.788. The molecule has 100 valence electrons. The molecule has 0 aromatic heterocycles. The van der Waals surface area contributed by atoms with Crippen LogP contribution in [0.4, 0.5) is 4.39 Å². The van der Waals surface area contributed by atoms with E-state index in [0.717, 1.165) is 25.9 Å². The number of likely N-dealkylation sites (tertiary alicyclic amines) is 1. The van der Waals surface area contributed by atoms with Gasteiger partial charge in [-0.05, 0) is 50.1 Å². The van der Waals surface area contributed by atoms with Crippen molar-refractivity contribution >= 4 is 0 Å². The summed E-state index contributed by atoms with van der Waals surface area (Å²) in [6, 6.07) is 6.41. The lowest BCUT2D eigenvalue weighted by Gasteiger charge is -2.22. The van der Waals surface area contributed by atoms with E-state index >= 15 is 0 Å². The lowest BCUT2D eigenvalue weighted by Crippen LogP contribution is -2.33. The molecule has 1 aliphatic heterocycles. The van der Waals surface area contributed by atoms with Gasteiger partial charge in [0, 0.05) is 12.6 Å². The molecule has 1 atom stereocenters. The maximum atomic E-state index is 12.7. The van der Waals surface area contributed by atoms with E-state index in [1.54, 1.807) is 12.1 Å². The van der Waals surface area contributed by atoms with Crippen molar-refractivity contribution in [3.05, 3.63) is 30.1 Å². The second kappa shape index (κ2) is 6.71. The van der Waals surface area contributed by atoms with Gasteiger partial charge in [0.15, 0.2) is 0 Å². The Morgan fingerprint density at radius 2 is 2.11 bits per heavy atom. The highest BCUT2D eigenvalue weighted by Crippen LogP contribution is 2.17. The molecule has 1 aliphatic rings. The molecule has 1 fully saturated rings. The smallest absolute Gasteiger partial charge is 0.123 e. The number of aliphatic hydroxyl groups excluding tert-OH is 1. The Bertz CT molecular complexity index is 355. The minimum Gasteiger partial charge on any atom is -0.494 e. The third-order valence-electron chi connectivity index (χ3n) is 3.38. The highest BCUT2D eigenvalue weighted by atomic mass is 19.1. The molecule has 1 N–H and O–H groups in total. The maximum absolute atomic E-state index is 12.7. The third-order valence-corrected chi connectivity index (χ3v) is 3.38. The molecule has 0 bridgehead atoms. The maximum Gasteiger partial charge on any atom is 0.123 e. The van der Waals surface area contributed by atoms with Gasteiger partial charge >= 0.3 is 0 Å². The summed E-state index contributed by atoms with van der Waals surface area (Å²) < 4.78 is 18.2. The second-order valence-electron chi connectivity index (χ2n) is 4.67. The van der Waals surface area contributed by atoms with Crippen LogP contribution in [0.25, 0.3) is 0 Å². The fourth-order valence-corrected chi connectivity index (χ4v) is 2.38. The highest BCUT2D eigenvalue weighted by molar-refractivity contribution is 5.21. The normalized spacial score (nSPS) is 20.2. The molecule has 0 spiro atoms. The molecule has 1 heterocycles. The summed E-state index contributed by atoms with van der Waals surface area (Å²) in [5.41, 5.74) is 0. The Morgan fingerprint density at radius 1 is 1.33 bits per heavy atom. The molecule has 1 aromatic carbocycles. The summed E-state index contributed by atoms with van der Waals surface area (Å²) in [6.07, 6.45) is 3.19. The summed E-state index contributed by atoms with van der Waals surface area (Å²) in [5, 5.41) is 9.19. The third kappa shape index (κ3) is 3.68. The molecule has 0 radical (unpaired) electrons.